The lowest BCUT2D eigenvalue weighted by molar-refractivity contribution is 1.14. The van der Waals surface area contributed by atoms with Gasteiger partial charge >= 0.3 is 0 Å². The summed E-state index contributed by atoms with van der Waals surface area (Å²) >= 11 is 0. The first-order valence-corrected chi connectivity index (χ1v) is 10.4. The third-order valence-electron chi connectivity index (χ3n) is 5.70. The maximum absolute atomic E-state index is 5.00. The van der Waals surface area contributed by atoms with Crippen LogP contribution in [0.2, 0.25) is 0 Å². The number of aromatic nitrogens is 1. The van der Waals surface area contributed by atoms with E-state index in [-0.39, 0.29) is 0 Å². The van der Waals surface area contributed by atoms with Gasteiger partial charge in [-0.05, 0) is 60.2 Å². The van der Waals surface area contributed by atoms with Crippen molar-refractivity contribution in [3.8, 4) is 11.1 Å². The smallest absolute Gasteiger partial charge is 0.0929 e. The van der Waals surface area contributed by atoms with Crippen molar-refractivity contribution in [1.29, 1.82) is 0 Å². The molecule has 1 aliphatic carbocycles. The third-order valence-corrected chi connectivity index (χ3v) is 5.70. The molecule has 2 bridgehead atoms. The second-order valence-electron chi connectivity index (χ2n) is 8.01. The van der Waals surface area contributed by atoms with Crippen LogP contribution in [0.25, 0.3) is 17.2 Å². The summed E-state index contributed by atoms with van der Waals surface area (Å²) in [6, 6.07) is 23.4. The van der Waals surface area contributed by atoms with Gasteiger partial charge in [-0.2, -0.15) is 0 Å². The molecule has 146 valence electrons. The van der Waals surface area contributed by atoms with Gasteiger partial charge in [0.2, 0.25) is 0 Å². The van der Waals surface area contributed by atoms with E-state index < -0.39 is 0 Å². The Labute approximate surface area is 178 Å². The lowest BCUT2D eigenvalue weighted by Gasteiger charge is -2.13. The molecule has 2 nitrogen and oxygen atoms in total. The van der Waals surface area contributed by atoms with Crippen molar-refractivity contribution >= 4 is 11.8 Å². The molecule has 5 rings (SSSR count). The molecule has 2 aliphatic rings. The Balaban J connectivity index is 1.67. The number of hydrogen-bond acceptors (Lipinski definition) is 2. The number of benzene rings is 2. The summed E-state index contributed by atoms with van der Waals surface area (Å²) in [4.78, 5) is 9.93. The van der Waals surface area contributed by atoms with Crippen molar-refractivity contribution in [2.45, 2.75) is 26.7 Å². The average molecular weight is 389 g/mol. The molecule has 2 heterocycles. The lowest BCUT2D eigenvalue weighted by Crippen LogP contribution is -2.08. The van der Waals surface area contributed by atoms with Crippen LogP contribution in [-0.4, -0.2) is 10.7 Å². The Morgan fingerprint density at radius 2 is 1.60 bits per heavy atom. The highest BCUT2D eigenvalue weighted by Crippen LogP contribution is 2.34. The highest BCUT2D eigenvalue weighted by atomic mass is 14.8. The summed E-state index contributed by atoms with van der Waals surface area (Å²) in [5, 5.41) is 0. The first-order valence-electron chi connectivity index (χ1n) is 10.4. The van der Waals surface area contributed by atoms with E-state index >= 15 is 0 Å². The molecule has 1 aromatic heterocycles. The van der Waals surface area contributed by atoms with E-state index in [1.54, 1.807) is 0 Å². The van der Waals surface area contributed by atoms with Gasteiger partial charge in [0.25, 0.3) is 0 Å². The summed E-state index contributed by atoms with van der Waals surface area (Å²) in [5.74, 6) is 0. The van der Waals surface area contributed by atoms with E-state index in [0.29, 0.717) is 0 Å². The number of aryl methyl sites for hydroxylation is 1. The fraction of sp³-hybridized carbons (Fsp3) is 0.143. The van der Waals surface area contributed by atoms with Gasteiger partial charge in [0.05, 0.1) is 11.4 Å². The summed E-state index contributed by atoms with van der Waals surface area (Å²) in [7, 11) is 0. The Hall–Kier alpha value is -3.52. The van der Waals surface area contributed by atoms with Crippen molar-refractivity contribution in [3.63, 3.8) is 0 Å². The van der Waals surface area contributed by atoms with Gasteiger partial charge in [-0.25, -0.2) is 0 Å². The van der Waals surface area contributed by atoms with Crippen molar-refractivity contribution in [2.24, 2.45) is 4.99 Å². The van der Waals surface area contributed by atoms with Gasteiger partial charge in [0.1, 0.15) is 0 Å². The Morgan fingerprint density at radius 1 is 0.867 bits per heavy atom. The van der Waals surface area contributed by atoms with Gasteiger partial charge in [-0.3, -0.25) is 9.98 Å². The normalized spacial score (nSPS) is 15.1. The van der Waals surface area contributed by atoms with Gasteiger partial charge in [-0.15, -0.1) is 0 Å². The number of allylic oxidation sites excluding steroid dienone is 5. The molecule has 0 saturated heterocycles. The predicted octanol–water partition coefficient (Wildman–Crippen LogP) is 6.72. The fourth-order valence-corrected chi connectivity index (χ4v) is 4.32. The van der Waals surface area contributed by atoms with E-state index in [2.05, 4.69) is 98.8 Å². The molecule has 0 fully saturated rings. The minimum atomic E-state index is 0.810. The Morgan fingerprint density at radius 3 is 2.37 bits per heavy atom. The zero-order valence-corrected chi connectivity index (χ0v) is 17.4. The molecule has 0 N–H and O–H groups in total. The van der Waals surface area contributed by atoms with E-state index in [1.165, 1.54) is 27.8 Å². The Kier molecular flexibility index (Phi) is 4.76. The molecule has 1 aliphatic heterocycles. The van der Waals surface area contributed by atoms with Crippen LogP contribution < -0.4 is 0 Å². The zero-order chi connectivity index (χ0) is 20.5. The maximum atomic E-state index is 5.00. The van der Waals surface area contributed by atoms with E-state index in [0.717, 1.165) is 41.2 Å². The SMILES string of the molecule is CC1=CC(Cc2ccccc2)=C2C=Cc3c(-c4ccccc4)cc(C)nc3C(=N1)C2. The minimum Gasteiger partial charge on any atom is -0.256 e. The molecular formula is C28H24N2. The van der Waals surface area contributed by atoms with Crippen LogP contribution in [0.15, 0.2) is 101 Å². The second kappa shape index (κ2) is 7.72. The van der Waals surface area contributed by atoms with Crippen LogP contribution in [0.4, 0.5) is 0 Å². The molecule has 2 aromatic carbocycles. The van der Waals surface area contributed by atoms with Crippen molar-refractivity contribution in [1.82, 2.24) is 4.98 Å². The lowest BCUT2D eigenvalue weighted by atomic mass is 9.96. The first-order chi connectivity index (χ1) is 14.7. The highest BCUT2D eigenvalue weighted by molar-refractivity contribution is 6.07. The number of nitrogens with zero attached hydrogens (tertiary/aromatic N) is 2. The first kappa shape index (κ1) is 18.5. The van der Waals surface area contributed by atoms with E-state index in [1.807, 2.05) is 0 Å². The molecule has 0 saturated carbocycles. The summed E-state index contributed by atoms with van der Waals surface area (Å²) in [6.07, 6.45) is 8.47. The highest BCUT2D eigenvalue weighted by Gasteiger charge is 2.22. The quantitative estimate of drug-likeness (QED) is 0.489. The van der Waals surface area contributed by atoms with Gasteiger partial charge in [0.15, 0.2) is 0 Å². The van der Waals surface area contributed by atoms with Crippen LogP contribution >= 0.6 is 0 Å². The molecule has 0 radical (unpaired) electrons. The minimum absolute atomic E-state index is 0.810. The summed E-state index contributed by atoms with van der Waals surface area (Å²) in [5.41, 5.74) is 11.7. The molecule has 30 heavy (non-hydrogen) atoms. The third kappa shape index (κ3) is 3.57. The standard InChI is InChI=1S/C28H24N2/c1-19-15-24(17-21-9-5-3-6-10-21)23-13-14-25-26(22-11-7-4-8-12-22)16-20(2)30-28(25)27(18-23)29-19/h3-16H,17-18H2,1-2H3. The van der Waals surface area contributed by atoms with Crippen molar-refractivity contribution < 1.29 is 0 Å². The van der Waals surface area contributed by atoms with Crippen molar-refractivity contribution in [2.75, 3.05) is 0 Å². The number of fused-ring (bicyclic) bond motifs is 4. The van der Waals surface area contributed by atoms with Crippen LogP contribution in [0, 0.1) is 6.92 Å². The Bertz CT molecular complexity index is 1230. The number of rotatable bonds is 3. The van der Waals surface area contributed by atoms with Crippen LogP contribution in [-0.2, 0) is 6.42 Å². The van der Waals surface area contributed by atoms with E-state index in [9.17, 15) is 0 Å². The molecule has 0 spiro atoms. The predicted molar refractivity (Wildman–Crippen MR) is 126 cm³/mol. The zero-order valence-electron chi connectivity index (χ0n) is 17.4. The van der Waals surface area contributed by atoms with Crippen LogP contribution in [0.1, 0.15) is 35.9 Å². The van der Waals surface area contributed by atoms with Crippen LogP contribution in [0.5, 0.6) is 0 Å². The summed E-state index contributed by atoms with van der Waals surface area (Å²) < 4.78 is 0. The largest absolute Gasteiger partial charge is 0.256 e. The van der Waals surface area contributed by atoms with Gasteiger partial charge in [-0.1, -0.05) is 72.8 Å². The van der Waals surface area contributed by atoms with Gasteiger partial charge in [0, 0.05) is 23.4 Å². The average Bonchev–Trinajstić information content (AvgIpc) is 3.03. The van der Waals surface area contributed by atoms with Crippen LogP contribution in [0.3, 0.4) is 0 Å². The monoisotopic (exact) mass is 388 g/mol. The molecule has 3 aromatic rings. The van der Waals surface area contributed by atoms with Gasteiger partial charge < -0.3 is 0 Å². The number of pyridine rings is 1. The number of hydrogen-bond donors (Lipinski definition) is 0. The summed E-state index contributed by atoms with van der Waals surface area (Å²) in [6.45, 7) is 4.16. The molecule has 0 atom stereocenters. The number of aliphatic imine (C=N–C) groups is 1. The molecule has 2 heteroatoms. The molecular weight excluding hydrogens is 364 g/mol. The second-order valence-corrected chi connectivity index (χ2v) is 8.01. The van der Waals surface area contributed by atoms with Crippen molar-refractivity contribution in [3.05, 3.63) is 118 Å². The molecule has 0 amide bonds. The fourth-order valence-electron chi connectivity index (χ4n) is 4.32. The topological polar surface area (TPSA) is 25.2 Å². The molecule has 0 unspecified atom stereocenters. The van der Waals surface area contributed by atoms with E-state index in [4.69, 9.17) is 9.98 Å². The maximum Gasteiger partial charge on any atom is 0.0929 e.